The zero-order valence-electron chi connectivity index (χ0n) is 13.5. The van der Waals surface area contributed by atoms with Crippen molar-refractivity contribution in [3.05, 3.63) is 16.6 Å². The van der Waals surface area contributed by atoms with Crippen molar-refractivity contribution >= 4 is 27.5 Å². The van der Waals surface area contributed by atoms with Crippen LogP contribution in [0.2, 0.25) is 0 Å². The summed E-state index contributed by atoms with van der Waals surface area (Å²) in [4.78, 5) is 16.7. The fourth-order valence-electron chi connectivity index (χ4n) is 3.25. The number of nitrogens with zero attached hydrogens (tertiary/aromatic N) is 3. The minimum atomic E-state index is 0.131. The van der Waals surface area contributed by atoms with E-state index in [-0.39, 0.29) is 11.9 Å². The van der Waals surface area contributed by atoms with E-state index in [0.29, 0.717) is 12.5 Å². The van der Waals surface area contributed by atoms with E-state index < -0.39 is 0 Å². The highest BCUT2D eigenvalue weighted by atomic mass is 32.1. The van der Waals surface area contributed by atoms with E-state index in [9.17, 15) is 4.79 Å². The SMILES string of the molecule is CC(C)c1nn(C)c2sc(C(=O)N3CCCCC3CN)cc12. The van der Waals surface area contributed by atoms with Crippen molar-refractivity contribution in [3.63, 3.8) is 0 Å². The molecule has 2 N–H and O–H groups in total. The third-order valence-electron chi connectivity index (χ3n) is 4.46. The van der Waals surface area contributed by atoms with Gasteiger partial charge in [-0.3, -0.25) is 9.48 Å². The summed E-state index contributed by atoms with van der Waals surface area (Å²) < 4.78 is 1.89. The van der Waals surface area contributed by atoms with Crippen LogP contribution in [0.5, 0.6) is 0 Å². The Morgan fingerprint density at radius 3 is 2.95 bits per heavy atom. The number of aryl methyl sites for hydroxylation is 1. The summed E-state index contributed by atoms with van der Waals surface area (Å²) in [6, 6.07) is 2.21. The molecule has 3 rings (SSSR count). The number of hydrogen-bond acceptors (Lipinski definition) is 4. The maximum Gasteiger partial charge on any atom is 0.264 e. The Morgan fingerprint density at radius 1 is 1.50 bits per heavy atom. The van der Waals surface area contributed by atoms with Gasteiger partial charge in [0.25, 0.3) is 5.91 Å². The van der Waals surface area contributed by atoms with Gasteiger partial charge >= 0.3 is 0 Å². The van der Waals surface area contributed by atoms with Gasteiger partial charge in [0.2, 0.25) is 0 Å². The molecule has 0 bridgehead atoms. The predicted octanol–water partition coefficient (Wildman–Crippen LogP) is 2.71. The molecule has 3 heterocycles. The molecule has 0 aliphatic carbocycles. The largest absolute Gasteiger partial charge is 0.334 e. The molecule has 1 aliphatic heterocycles. The molecule has 2 aromatic heterocycles. The van der Waals surface area contributed by atoms with Gasteiger partial charge in [0.1, 0.15) is 4.83 Å². The van der Waals surface area contributed by atoms with Crippen molar-refractivity contribution in [2.75, 3.05) is 13.1 Å². The van der Waals surface area contributed by atoms with Crippen LogP contribution >= 0.6 is 11.3 Å². The van der Waals surface area contributed by atoms with E-state index in [1.807, 2.05) is 22.7 Å². The summed E-state index contributed by atoms with van der Waals surface area (Å²) in [7, 11) is 1.95. The maximum absolute atomic E-state index is 12.9. The molecular weight excluding hydrogens is 296 g/mol. The minimum Gasteiger partial charge on any atom is -0.334 e. The monoisotopic (exact) mass is 320 g/mol. The first-order valence-electron chi connectivity index (χ1n) is 8.00. The zero-order chi connectivity index (χ0) is 15.9. The van der Waals surface area contributed by atoms with E-state index >= 15 is 0 Å². The number of hydrogen-bond donors (Lipinski definition) is 1. The average Bonchev–Trinajstić information content (AvgIpc) is 3.07. The first kappa shape index (κ1) is 15.5. The quantitative estimate of drug-likeness (QED) is 0.945. The van der Waals surface area contributed by atoms with Crippen LogP contribution in [0.1, 0.15) is 54.4 Å². The summed E-state index contributed by atoms with van der Waals surface area (Å²) in [5.41, 5.74) is 6.92. The first-order chi connectivity index (χ1) is 10.5. The van der Waals surface area contributed by atoms with Crippen molar-refractivity contribution in [1.82, 2.24) is 14.7 Å². The molecule has 1 saturated heterocycles. The van der Waals surface area contributed by atoms with E-state index in [4.69, 9.17) is 5.73 Å². The van der Waals surface area contributed by atoms with Crippen LogP contribution < -0.4 is 5.73 Å². The normalized spacial score (nSPS) is 19.3. The molecule has 5 nitrogen and oxygen atoms in total. The second-order valence-electron chi connectivity index (χ2n) is 6.38. The number of thiophene rings is 1. The summed E-state index contributed by atoms with van der Waals surface area (Å²) in [6.07, 6.45) is 3.26. The van der Waals surface area contributed by atoms with E-state index in [2.05, 4.69) is 18.9 Å². The Labute approximate surface area is 135 Å². The summed E-state index contributed by atoms with van der Waals surface area (Å²) >= 11 is 1.54. The van der Waals surface area contributed by atoms with Crippen molar-refractivity contribution in [2.24, 2.45) is 12.8 Å². The van der Waals surface area contributed by atoms with Crippen LogP contribution in [0, 0.1) is 0 Å². The van der Waals surface area contributed by atoms with Crippen molar-refractivity contribution < 1.29 is 4.79 Å². The number of piperidine rings is 1. The molecule has 2 aromatic rings. The number of fused-ring (bicyclic) bond motifs is 1. The van der Waals surface area contributed by atoms with E-state index in [1.165, 1.54) is 6.42 Å². The van der Waals surface area contributed by atoms with Gasteiger partial charge in [-0.2, -0.15) is 5.10 Å². The number of aromatic nitrogens is 2. The van der Waals surface area contributed by atoms with Gasteiger partial charge in [0, 0.05) is 31.6 Å². The molecule has 0 saturated carbocycles. The first-order valence-corrected chi connectivity index (χ1v) is 8.82. The zero-order valence-corrected chi connectivity index (χ0v) is 14.3. The topological polar surface area (TPSA) is 64.2 Å². The van der Waals surface area contributed by atoms with Crippen molar-refractivity contribution in [1.29, 1.82) is 0 Å². The molecule has 1 amide bonds. The molecule has 0 aromatic carbocycles. The fraction of sp³-hybridized carbons (Fsp3) is 0.625. The lowest BCUT2D eigenvalue weighted by Crippen LogP contribution is -2.47. The molecule has 0 radical (unpaired) electrons. The lowest BCUT2D eigenvalue weighted by atomic mass is 10.0. The van der Waals surface area contributed by atoms with Gasteiger partial charge in [-0.25, -0.2) is 0 Å². The summed E-state index contributed by atoms with van der Waals surface area (Å²) in [6.45, 7) is 5.64. The fourth-order valence-corrected chi connectivity index (χ4v) is 4.29. The van der Waals surface area contributed by atoms with Crippen LogP contribution in [0.4, 0.5) is 0 Å². The highest BCUT2D eigenvalue weighted by Gasteiger charge is 2.28. The Hall–Kier alpha value is -1.40. The van der Waals surface area contributed by atoms with Crippen molar-refractivity contribution in [3.8, 4) is 0 Å². The van der Waals surface area contributed by atoms with Crippen LogP contribution in [-0.2, 0) is 7.05 Å². The third kappa shape index (κ3) is 2.54. The molecule has 120 valence electrons. The van der Waals surface area contributed by atoms with Gasteiger partial charge in [-0.1, -0.05) is 13.8 Å². The molecule has 1 fully saturated rings. The number of carbonyl (C=O) groups excluding carboxylic acids is 1. The number of amides is 1. The molecular formula is C16H24N4OS. The Balaban J connectivity index is 1.96. The van der Waals surface area contributed by atoms with Crippen LogP contribution in [0.15, 0.2) is 6.07 Å². The molecule has 22 heavy (non-hydrogen) atoms. The standard InChI is InChI=1S/C16H24N4OS/c1-10(2)14-12-8-13(22-16(12)19(3)18-14)15(21)20-7-5-4-6-11(20)9-17/h8,10-11H,4-7,9,17H2,1-3H3. The predicted molar refractivity (Wildman–Crippen MR) is 90.4 cm³/mol. The molecule has 0 spiro atoms. The van der Waals surface area contributed by atoms with E-state index in [0.717, 1.165) is 40.2 Å². The minimum absolute atomic E-state index is 0.131. The third-order valence-corrected chi connectivity index (χ3v) is 5.65. The van der Waals surface area contributed by atoms with Gasteiger partial charge < -0.3 is 10.6 Å². The molecule has 6 heteroatoms. The number of nitrogens with two attached hydrogens (primary N) is 1. The van der Waals surface area contributed by atoms with Crippen LogP contribution in [0.3, 0.4) is 0 Å². The second-order valence-corrected chi connectivity index (χ2v) is 7.41. The molecule has 1 unspecified atom stereocenters. The Morgan fingerprint density at radius 2 is 2.27 bits per heavy atom. The van der Waals surface area contributed by atoms with Crippen LogP contribution in [0.25, 0.3) is 10.2 Å². The van der Waals surface area contributed by atoms with Gasteiger partial charge in [0.15, 0.2) is 0 Å². The molecule has 1 aliphatic rings. The van der Waals surface area contributed by atoms with Gasteiger partial charge in [-0.15, -0.1) is 11.3 Å². The maximum atomic E-state index is 12.9. The van der Waals surface area contributed by atoms with Gasteiger partial charge in [0.05, 0.1) is 10.6 Å². The summed E-state index contributed by atoms with van der Waals surface area (Å²) in [5, 5.41) is 5.69. The number of likely N-dealkylation sites (tertiary alicyclic amines) is 1. The lowest BCUT2D eigenvalue weighted by molar-refractivity contribution is 0.0628. The van der Waals surface area contributed by atoms with Gasteiger partial charge in [-0.05, 0) is 31.2 Å². The second kappa shape index (κ2) is 6.01. The highest BCUT2D eigenvalue weighted by Crippen LogP contribution is 2.33. The van der Waals surface area contributed by atoms with Crippen LogP contribution in [-0.4, -0.2) is 39.7 Å². The average molecular weight is 320 g/mol. The summed E-state index contributed by atoms with van der Waals surface area (Å²) in [5.74, 6) is 0.485. The number of carbonyl (C=O) groups is 1. The van der Waals surface area contributed by atoms with E-state index in [1.54, 1.807) is 11.3 Å². The number of rotatable bonds is 3. The lowest BCUT2D eigenvalue weighted by Gasteiger charge is -2.34. The molecule has 1 atom stereocenters. The van der Waals surface area contributed by atoms with Crippen molar-refractivity contribution in [2.45, 2.75) is 45.1 Å². The smallest absolute Gasteiger partial charge is 0.264 e. The Bertz CT molecular complexity index is 688. The Kier molecular flexibility index (Phi) is 4.23. The highest BCUT2D eigenvalue weighted by molar-refractivity contribution is 7.20.